The molecule has 1 aliphatic heterocycles. The summed E-state index contributed by atoms with van der Waals surface area (Å²) in [5.74, 6) is -1.54. The first-order valence-corrected chi connectivity index (χ1v) is 20.5. The van der Waals surface area contributed by atoms with Crippen LogP contribution >= 0.6 is 0 Å². The van der Waals surface area contributed by atoms with Crippen molar-refractivity contribution in [1.82, 2.24) is 10.2 Å². The summed E-state index contributed by atoms with van der Waals surface area (Å²) in [7, 11) is 0. The maximum absolute atomic E-state index is 14.0. The molecule has 316 valence electrons. The van der Waals surface area contributed by atoms with Crippen LogP contribution in [0, 0.1) is 27.9 Å². The summed E-state index contributed by atoms with van der Waals surface area (Å²) < 4.78 is 25.5. The van der Waals surface area contributed by atoms with E-state index >= 15 is 0 Å². The van der Waals surface area contributed by atoms with Gasteiger partial charge in [0.25, 0.3) is 5.69 Å². The second-order valence-corrected chi connectivity index (χ2v) is 14.8. The molecule has 6 atom stereocenters. The molecule has 3 N–H and O–H groups in total. The standard InChI is InChI=1S/C43H58N4O11/c1-5-21-46(42(51)54-8-4)38-27-36(45-56-28-29-15-17-31(18-16-29)47(52)53)34-25-30(13-9-11-22-48)33(14-10-12-23-49)39-35-26-32(57-41(50)44-7-3)19-20-37(35)58-43(38,40(34)39)55-24-6-2/h6,15-20,25-26,30,33,38-40,48-49H,2,5,7-14,21-24,27-28H2,1,3-4H3,(H,44,50). The van der Waals surface area contributed by atoms with Crippen molar-refractivity contribution in [1.29, 1.82) is 0 Å². The number of fused-ring (bicyclic) bond motifs is 2. The summed E-state index contributed by atoms with van der Waals surface area (Å²) in [5.41, 5.74) is 2.88. The number of nitrogens with one attached hydrogen (secondary N) is 1. The zero-order valence-corrected chi connectivity index (χ0v) is 33.8. The number of allylic oxidation sites excluding steroid dienone is 1. The number of amides is 2. The summed E-state index contributed by atoms with van der Waals surface area (Å²) in [6, 6.07) is 10.6. The number of nitrogens with zero attached hydrogens (tertiary/aromatic N) is 3. The van der Waals surface area contributed by atoms with E-state index in [1.54, 1.807) is 49.1 Å². The van der Waals surface area contributed by atoms with Gasteiger partial charge in [-0.3, -0.25) is 15.0 Å². The second-order valence-electron chi connectivity index (χ2n) is 14.8. The molecule has 58 heavy (non-hydrogen) atoms. The van der Waals surface area contributed by atoms with Crippen molar-refractivity contribution in [2.75, 3.05) is 39.5 Å². The van der Waals surface area contributed by atoms with Gasteiger partial charge in [0.05, 0.1) is 29.8 Å². The highest BCUT2D eigenvalue weighted by atomic mass is 16.7. The molecule has 0 aromatic heterocycles. The molecule has 0 bridgehead atoms. The summed E-state index contributed by atoms with van der Waals surface area (Å²) in [6.45, 7) is 10.6. The average molecular weight is 807 g/mol. The number of carbonyl (C=O) groups excluding carboxylic acids is 2. The maximum atomic E-state index is 14.0. The molecule has 2 amide bonds. The minimum absolute atomic E-state index is 0.00858. The summed E-state index contributed by atoms with van der Waals surface area (Å²) in [5, 5.41) is 38.4. The minimum atomic E-state index is -1.47. The number of nitro groups is 1. The molecule has 6 unspecified atom stereocenters. The molecule has 3 aliphatic rings. The number of aliphatic hydroxyl groups excluding tert-OH is 2. The minimum Gasteiger partial charge on any atom is -0.459 e. The van der Waals surface area contributed by atoms with Gasteiger partial charge in [-0.25, -0.2) is 9.59 Å². The number of nitro benzene ring substituents is 1. The number of unbranched alkanes of at least 4 members (excludes halogenated alkanes) is 2. The highest BCUT2D eigenvalue weighted by Gasteiger charge is 2.65. The molecule has 2 aliphatic carbocycles. The van der Waals surface area contributed by atoms with E-state index in [-0.39, 0.29) is 62.9 Å². The molecule has 0 radical (unpaired) electrons. The first-order valence-electron chi connectivity index (χ1n) is 20.5. The smallest absolute Gasteiger partial charge is 0.412 e. The van der Waals surface area contributed by atoms with Gasteiger partial charge < -0.3 is 39.3 Å². The van der Waals surface area contributed by atoms with E-state index in [9.17, 15) is 29.9 Å². The largest absolute Gasteiger partial charge is 0.459 e. The highest BCUT2D eigenvalue weighted by Crippen LogP contribution is 2.62. The normalized spacial score (nSPS) is 23.7. The van der Waals surface area contributed by atoms with E-state index in [1.165, 1.54) is 12.1 Å². The number of benzene rings is 2. The van der Waals surface area contributed by atoms with Crippen LogP contribution in [-0.4, -0.2) is 89.3 Å². The fourth-order valence-electron chi connectivity index (χ4n) is 8.72. The zero-order chi connectivity index (χ0) is 41.7. The Hall–Kier alpha value is -4.99. The van der Waals surface area contributed by atoms with Gasteiger partial charge in [0, 0.05) is 56.3 Å². The van der Waals surface area contributed by atoms with Crippen LogP contribution in [0.3, 0.4) is 0 Å². The van der Waals surface area contributed by atoms with Crippen LogP contribution in [0.4, 0.5) is 15.3 Å². The van der Waals surface area contributed by atoms with Crippen LogP contribution in [0.15, 0.2) is 71.9 Å². The Morgan fingerprint density at radius 3 is 2.48 bits per heavy atom. The Kier molecular flexibility index (Phi) is 16.1. The lowest BCUT2D eigenvalue weighted by molar-refractivity contribution is -0.384. The number of hydrogen-bond donors (Lipinski definition) is 3. The number of ether oxygens (including phenoxy) is 4. The Labute approximate surface area is 340 Å². The Morgan fingerprint density at radius 1 is 1.09 bits per heavy atom. The zero-order valence-electron chi connectivity index (χ0n) is 33.8. The van der Waals surface area contributed by atoms with Crippen LogP contribution in [0.2, 0.25) is 0 Å². The molecule has 1 saturated carbocycles. The highest BCUT2D eigenvalue weighted by molar-refractivity contribution is 6.03. The Morgan fingerprint density at radius 2 is 1.83 bits per heavy atom. The molecular formula is C43H58N4O11. The van der Waals surface area contributed by atoms with Crippen LogP contribution in [-0.2, 0) is 20.9 Å². The third-order valence-electron chi connectivity index (χ3n) is 11.1. The van der Waals surface area contributed by atoms with Crippen molar-refractivity contribution in [3.05, 3.63) is 88.0 Å². The third kappa shape index (κ3) is 9.99. The van der Waals surface area contributed by atoms with Gasteiger partial charge in [-0.1, -0.05) is 37.1 Å². The average Bonchev–Trinajstić information content (AvgIpc) is 3.21. The molecule has 1 heterocycles. The van der Waals surface area contributed by atoms with Crippen LogP contribution in [0.1, 0.15) is 89.2 Å². The second kappa shape index (κ2) is 21.1. The number of aliphatic hydroxyl groups is 2. The number of oxime groups is 1. The van der Waals surface area contributed by atoms with Gasteiger partial charge >= 0.3 is 12.2 Å². The van der Waals surface area contributed by atoms with Crippen LogP contribution in [0.25, 0.3) is 0 Å². The quantitative estimate of drug-likeness (QED) is 0.0493. The lowest BCUT2D eigenvalue weighted by atomic mass is 9.55. The molecular weight excluding hydrogens is 748 g/mol. The van der Waals surface area contributed by atoms with Crippen molar-refractivity contribution in [3.8, 4) is 11.5 Å². The molecule has 2 aromatic carbocycles. The van der Waals surface area contributed by atoms with Crippen LogP contribution in [0.5, 0.6) is 11.5 Å². The summed E-state index contributed by atoms with van der Waals surface area (Å²) in [6.07, 6.45) is 7.79. The third-order valence-corrected chi connectivity index (χ3v) is 11.1. The molecule has 1 fully saturated rings. The molecule has 15 heteroatoms. The van der Waals surface area contributed by atoms with Gasteiger partial charge in [-0.05, 0) is 99.3 Å². The SMILES string of the molecule is C=CCOC12Oc3ccc(OC(=O)NCC)cc3C3C(CCCCO)C(CCCCO)C=C(C(=NOCc4ccc([N+](=O)[O-])cc4)CC1N(CCC)C(=O)OCC)C32. The topological polar surface area (TPSA) is 192 Å². The van der Waals surface area contributed by atoms with Crippen molar-refractivity contribution >= 4 is 23.6 Å². The van der Waals surface area contributed by atoms with Crippen molar-refractivity contribution in [2.24, 2.45) is 22.9 Å². The van der Waals surface area contributed by atoms with E-state index in [4.69, 9.17) is 28.9 Å². The van der Waals surface area contributed by atoms with Crippen molar-refractivity contribution in [3.63, 3.8) is 0 Å². The monoisotopic (exact) mass is 806 g/mol. The molecule has 15 nitrogen and oxygen atoms in total. The van der Waals surface area contributed by atoms with Gasteiger partial charge in [-0.15, -0.1) is 6.58 Å². The van der Waals surface area contributed by atoms with E-state index < -0.39 is 34.9 Å². The summed E-state index contributed by atoms with van der Waals surface area (Å²) >= 11 is 0. The molecule has 0 spiro atoms. The fraction of sp³-hybridized carbons (Fsp3) is 0.558. The summed E-state index contributed by atoms with van der Waals surface area (Å²) in [4.78, 5) is 45.2. The van der Waals surface area contributed by atoms with Crippen LogP contribution < -0.4 is 14.8 Å². The number of non-ortho nitro benzene ring substituents is 1. The lowest BCUT2D eigenvalue weighted by Crippen LogP contribution is -2.70. The molecule has 0 saturated heterocycles. The van der Waals surface area contributed by atoms with Gasteiger partial charge in [0.15, 0.2) is 0 Å². The fourth-order valence-corrected chi connectivity index (χ4v) is 8.72. The lowest BCUT2D eigenvalue weighted by Gasteiger charge is -2.59. The number of rotatable bonds is 21. The van der Waals surface area contributed by atoms with E-state index in [2.05, 4.69) is 18.0 Å². The number of carbonyl (C=O) groups is 2. The van der Waals surface area contributed by atoms with E-state index in [0.29, 0.717) is 55.1 Å². The van der Waals surface area contributed by atoms with E-state index in [0.717, 1.165) is 36.8 Å². The van der Waals surface area contributed by atoms with Crippen molar-refractivity contribution in [2.45, 2.75) is 96.5 Å². The Balaban J connectivity index is 1.75. The predicted octanol–water partition coefficient (Wildman–Crippen LogP) is 7.41. The predicted molar refractivity (Wildman–Crippen MR) is 217 cm³/mol. The molecule has 5 rings (SSSR count). The van der Waals surface area contributed by atoms with Gasteiger partial charge in [0.1, 0.15) is 24.1 Å². The Bertz CT molecular complexity index is 1780. The number of hydrogen-bond acceptors (Lipinski definition) is 12. The first kappa shape index (κ1) is 44.1. The van der Waals surface area contributed by atoms with Gasteiger partial charge in [0.2, 0.25) is 5.79 Å². The maximum Gasteiger partial charge on any atom is 0.412 e. The van der Waals surface area contributed by atoms with Gasteiger partial charge in [-0.2, -0.15) is 0 Å². The van der Waals surface area contributed by atoms with Crippen molar-refractivity contribution < 1.29 is 48.5 Å². The van der Waals surface area contributed by atoms with E-state index in [1.807, 2.05) is 13.0 Å². The molecule has 2 aromatic rings. The first-order chi connectivity index (χ1) is 28.2.